The van der Waals surface area contributed by atoms with Gasteiger partial charge in [-0.1, -0.05) is 19.9 Å². The number of nitrogens with zero attached hydrogens (tertiary/aromatic N) is 2. The van der Waals surface area contributed by atoms with Gasteiger partial charge >= 0.3 is 0 Å². The van der Waals surface area contributed by atoms with Gasteiger partial charge in [-0.25, -0.2) is 0 Å². The van der Waals surface area contributed by atoms with E-state index < -0.39 is 0 Å². The first-order chi connectivity index (χ1) is 11.5. The molecule has 0 bridgehead atoms. The van der Waals surface area contributed by atoms with Crippen molar-refractivity contribution in [3.05, 3.63) is 22.4 Å². The van der Waals surface area contributed by atoms with Crippen LogP contribution >= 0.6 is 35.3 Å². The highest BCUT2D eigenvalue weighted by Gasteiger charge is 2.21. The molecule has 2 N–H and O–H groups in total. The van der Waals surface area contributed by atoms with Crippen molar-refractivity contribution in [1.29, 1.82) is 0 Å². The molecular weight excluding hydrogens is 443 g/mol. The van der Waals surface area contributed by atoms with Crippen LogP contribution < -0.4 is 10.6 Å². The Bertz CT molecular complexity index is 494. The van der Waals surface area contributed by atoms with E-state index in [4.69, 9.17) is 4.99 Å². The Morgan fingerprint density at radius 1 is 1.32 bits per heavy atom. The third-order valence-corrected chi connectivity index (χ3v) is 6.08. The van der Waals surface area contributed by atoms with Crippen LogP contribution in [0.4, 0.5) is 0 Å². The second-order valence-corrected chi connectivity index (χ2v) is 8.47. The van der Waals surface area contributed by atoms with Crippen LogP contribution in [0.1, 0.15) is 44.9 Å². The number of halogens is 1. The fraction of sp³-hybridized carbons (Fsp3) is 0.737. The first kappa shape index (κ1) is 22.7. The first-order valence-electron chi connectivity index (χ1n) is 9.26. The second-order valence-electron chi connectivity index (χ2n) is 7.52. The van der Waals surface area contributed by atoms with E-state index >= 15 is 0 Å². The van der Waals surface area contributed by atoms with E-state index in [2.05, 4.69) is 60.9 Å². The molecule has 2 heterocycles. The third kappa shape index (κ3) is 7.83. The summed E-state index contributed by atoms with van der Waals surface area (Å²) in [5, 5.41) is 9.05. The molecule has 1 aromatic heterocycles. The van der Waals surface area contributed by atoms with Gasteiger partial charge in [-0.3, -0.25) is 4.99 Å². The zero-order chi connectivity index (χ0) is 17.4. The molecule has 0 spiro atoms. The fourth-order valence-electron chi connectivity index (χ4n) is 3.11. The van der Waals surface area contributed by atoms with Gasteiger partial charge in [-0.05, 0) is 63.7 Å². The Morgan fingerprint density at radius 2 is 2.04 bits per heavy atom. The van der Waals surface area contributed by atoms with Gasteiger partial charge in [-0.15, -0.1) is 35.3 Å². The first-order valence-corrected chi connectivity index (χ1v) is 10.1. The van der Waals surface area contributed by atoms with Crippen LogP contribution in [0.15, 0.2) is 22.5 Å². The maximum atomic E-state index is 4.83. The molecule has 0 aromatic carbocycles. The quantitative estimate of drug-likeness (QED) is 0.355. The summed E-state index contributed by atoms with van der Waals surface area (Å²) in [7, 11) is 2.22. The van der Waals surface area contributed by atoms with Crippen molar-refractivity contribution < 1.29 is 0 Å². The molecule has 0 radical (unpaired) electrons. The number of rotatable bonds is 7. The number of thiophene rings is 1. The molecule has 6 heteroatoms. The lowest BCUT2D eigenvalue weighted by Gasteiger charge is -2.29. The van der Waals surface area contributed by atoms with E-state index in [9.17, 15) is 0 Å². The van der Waals surface area contributed by atoms with Gasteiger partial charge < -0.3 is 15.5 Å². The average Bonchev–Trinajstić information content (AvgIpc) is 3.10. The van der Waals surface area contributed by atoms with E-state index in [1.54, 1.807) is 0 Å². The molecular formula is C19H35IN4S. The second kappa shape index (κ2) is 11.4. The van der Waals surface area contributed by atoms with Gasteiger partial charge in [-0.2, -0.15) is 0 Å². The SMILES string of the molecule is CCNC(=NCC(C)(C)c1cccs1)NCCC1CCN(C)CC1.I. The fourth-order valence-corrected chi connectivity index (χ4v) is 3.95. The van der Waals surface area contributed by atoms with Crippen molar-refractivity contribution >= 4 is 41.3 Å². The van der Waals surface area contributed by atoms with Crippen molar-refractivity contribution in [2.45, 2.75) is 45.4 Å². The van der Waals surface area contributed by atoms with Crippen LogP contribution in [0.25, 0.3) is 0 Å². The summed E-state index contributed by atoms with van der Waals surface area (Å²) in [4.78, 5) is 8.66. The molecule has 2 rings (SSSR count). The molecule has 25 heavy (non-hydrogen) atoms. The molecule has 0 unspecified atom stereocenters. The minimum atomic E-state index is 0. The number of aliphatic imine (C=N–C) groups is 1. The summed E-state index contributed by atoms with van der Waals surface area (Å²) < 4.78 is 0. The van der Waals surface area contributed by atoms with E-state index in [1.165, 1.54) is 37.2 Å². The third-order valence-electron chi connectivity index (χ3n) is 4.85. The lowest BCUT2D eigenvalue weighted by Crippen LogP contribution is -2.40. The van der Waals surface area contributed by atoms with E-state index in [1.807, 2.05) is 11.3 Å². The van der Waals surface area contributed by atoms with Crippen molar-refractivity contribution in [2.24, 2.45) is 10.9 Å². The largest absolute Gasteiger partial charge is 0.357 e. The van der Waals surface area contributed by atoms with Gasteiger partial charge in [0, 0.05) is 23.4 Å². The maximum absolute atomic E-state index is 4.83. The minimum Gasteiger partial charge on any atom is -0.357 e. The number of piperidine rings is 1. The summed E-state index contributed by atoms with van der Waals surface area (Å²) in [6.07, 6.45) is 3.90. The standard InChI is InChI=1S/C19H34N4S.HI/c1-5-20-18(21-11-8-16-9-12-23(4)13-10-16)22-15-19(2,3)17-7-6-14-24-17;/h6-7,14,16H,5,8-13,15H2,1-4H3,(H2,20,21,22);1H. The lowest BCUT2D eigenvalue weighted by molar-refractivity contribution is 0.213. The van der Waals surface area contributed by atoms with Crippen molar-refractivity contribution in [1.82, 2.24) is 15.5 Å². The van der Waals surface area contributed by atoms with Gasteiger partial charge in [0.1, 0.15) is 0 Å². The Balaban J connectivity index is 0.00000312. The highest BCUT2D eigenvalue weighted by Crippen LogP contribution is 2.27. The molecule has 4 nitrogen and oxygen atoms in total. The highest BCUT2D eigenvalue weighted by atomic mass is 127. The molecule has 0 aliphatic carbocycles. The Hall–Kier alpha value is -0.340. The Morgan fingerprint density at radius 3 is 2.64 bits per heavy atom. The minimum absolute atomic E-state index is 0. The highest BCUT2D eigenvalue weighted by molar-refractivity contribution is 14.0. The molecule has 1 saturated heterocycles. The molecule has 1 aromatic rings. The summed E-state index contributed by atoms with van der Waals surface area (Å²) in [6, 6.07) is 4.33. The maximum Gasteiger partial charge on any atom is 0.191 e. The predicted octanol–water partition coefficient (Wildman–Crippen LogP) is 3.93. The van der Waals surface area contributed by atoms with E-state index in [0.29, 0.717) is 0 Å². The molecule has 0 atom stereocenters. The van der Waals surface area contributed by atoms with Gasteiger partial charge in [0.05, 0.1) is 6.54 Å². The smallest absolute Gasteiger partial charge is 0.191 e. The van der Waals surface area contributed by atoms with Crippen LogP contribution in [0.2, 0.25) is 0 Å². The van der Waals surface area contributed by atoms with Crippen molar-refractivity contribution in [3.63, 3.8) is 0 Å². The lowest BCUT2D eigenvalue weighted by atomic mass is 9.92. The Labute approximate surface area is 174 Å². The summed E-state index contributed by atoms with van der Waals surface area (Å²) in [5.41, 5.74) is 0.0878. The molecule has 0 amide bonds. The molecule has 144 valence electrons. The summed E-state index contributed by atoms with van der Waals surface area (Å²) in [6.45, 7) is 11.9. The summed E-state index contributed by atoms with van der Waals surface area (Å²) in [5.74, 6) is 1.81. The van der Waals surface area contributed by atoms with Gasteiger partial charge in [0.25, 0.3) is 0 Å². The summed E-state index contributed by atoms with van der Waals surface area (Å²) >= 11 is 1.82. The molecule has 1 aliphatic heterocycles. The van der Waals surface area contributed by atoms with E-state index in [-0.39, 0.29) is 29.4 Å². The monoisotopic (exact) mass is 478 g/mol. The zero-order valence-corrected chi connectivity index (χ0v) is 19.3. The normalized spacial score (nSPS) is 17.2. The van der Waals surface area contributed by atoms with Crippen LogP contribution in [0, 0.1) is 5.92 Å². The number of hydrogen-bond donors (Lipinski definition) is 2. The molecule has 1 fully saturated rings. The number of hydrogen-bond acceptors (Lipinski definition) is 3. The van der Waals surface area contributed by atoms with Crippen LogP contribution in [-0.4, -0.2) is 50.6 Å². The van der Waals surface area contributed by atoms with Crippen molar-refractivity contribution in [3.8, 4) is 0 Å². The van der Waals surface area contributed by atoms with Crippen LogP contribution in [0.3, 0.4) is 0 Å². The van der Waals surface area contributed by atoms with Gasteiger partial charge in [0.15, 0.2) is 5.96 Å². The predicted molar refractivity (Wildman–Crippen MR) is 122 cm³/mol. The van der Waals surface area contributed by atoms with Crippen LogP contribution in [0.5, 0.6) is 0 Å². The topological polar surface area (TPSA) is 39.7 Å². The zero-order valence-electron chi connectivity index (χ0n) is 16.2. The molecule has 1 aliphatic rings. The number of likely N-dealkylation sites (tertiary alicyclic amines) is 1. The van der Waals surface area contributed by atoms with Crippen LogP contribution in [-0.2, 0) is 5.41 Å². The van der Waals surface area contributed by atoms with Gasteiger partial charge in [0.2, 0.25) is 0 Å². The Kier molecular flexibility index (Phi) is 10.3. The number of guanidine groups is 1. The molecule has 0 saturated carbocycles. The number of nitrogens with one attached hydrogen (secondary N) is 2. The average molecular weight is 478 g/mol. The van der Waals surface area contributed by atoms with Crippen molar-refractivity contribution in [2.75, 3.05) is 39.8 Å². The van der Waals surface area contributed by atoms with E-state index in [0.717, 1.165) is 31.5 Å².